The minimum atomic E-state index is -0.395. The number of benzene rings is 1. The van der Waals surface area contributed by atoms with Crippen molar-refractivity contribution in [1.82, 2.24) is 19.7 Å². The Morgan fingerprint density at radius 1 is 1.26 bits per heavy atom. The number of fused-ring (bicyclic) bond motifs is 1. The van der Waals surface area contributed by atoms with E-state index in [2.05, 4.69) is 20.5 Å². The third kappa shape index (κ3) is 3.49. The molecule has 4 rings (SSSR count). The van der Waals surface area contributed by atoms with Crippen LogP contribution in [-0.4, -0.2) is 25.7 Å². The minimum Gasteiger partial charge on any atom is -0.299 e. The average molecular weight is 401 g/mol. The zero-order chi connectivity index (χ0) is 19.0. The van der Waals surface area contributed by atoms with Gasteiger partial charge in [0.1, 0.15) is 22.2 Å². The highest BCUT2D eigenvalue weighted by atomic mass is 32.1. The van der Waals surface area contributed by atoms with Crippen LogP contribution in [0, 0.1) is 12.7 Å². The van der Waals surface area contributed by atoms with Crippen molar-refractivity contribution in [2.45, 2.75) is 13.5 Å². The van der Waals surface area contributed by atoms with E-state index in [1.807, 2.05) is 0 Å². The molecule has 0 saturated carbocycles. The largest absolute Gasteiger partial charge is 0.299 e. The van der Waals surface area contributed by atoms with Crippen molar-refractivity contribution in [2.75, 3.05) is 5.32 Å². The Hall–Kier alpha value is -2.98. The van der Waals surface area contributed by atoms with Gasteiger partial charge in [0, 0.05) is 10.9 Å². The summed E-state index contributed by atoms with van der Waals surface area (Å²) in [6.45, 7) is 1.59. The van der Waals surface area contributed by atoms with Crippen molar-refractivity contribution < 1.29 is 9.18 Å². The molecule has 0 bridgehead atoms. The Bertz CT molecular complexity index is 1200. The maximum Gasteiger partial charge on any atom is 0.263 e. The molecule has 0 aliphatic heterocycles. The molecule has 0 unspecified atom stereocenters. The fraction of sp³-hybridized carbons (Fsp3) is 0.118. The number of carbonyl (C=O) groups excluding carboxylic acids is 1. The van der Waals surface area contributed by atoms with E-state index in [9.17, 15) is 14.0 Å². The summed E-state index contributed by atoms with van der Waals surface area (Å²) in [5, 5.41) is 13.6. The van der Waals surface area contributed by atoms with Gasteiger partial charge in [0.2, 0.25) is 11.0 Å². The molecule has 0 radical (unpaired) electrons. The summed E-state index contributed by atoms with van der Waals surface area (Å²) in [5.41, 5.74) is 1.05. The molecule has 1 N–H and O–H groups in total. The van der Waals surface area contributed by atoms with Gasteiger partial charge in [0.15, 0.2) is 0 Å². The molecule has 0 saturated heterocycles. The van der Waals surface area contributed by atoms with Crippen molar-refractivity contribution in [3.63, 3.8) is 0 Å². The zero-order valence-electron chi connectivity index (χ0n) is 14.0. The highest BCUT2D eigenvalue weighted by Crippen LogP contribution is 2.30. The Morgan fingerprint density at radius 2 is 2.04 bits per heavy atom. The fourth-order valence-corrected chi connectivity index (χ4v) is 4.10. The van der Waals surface area contributed by atoms with Crippen LogP contribution in [0.1, 0.15) is 5.01 Å². The predicted molar refractivity (Wildman–Crippen MR) is 103 cm³/mol. The van der Waals surface area contributed by atoms with Gasteiger partial charge in [-0.3, -0.25) is 19.5 Å². The Balaban J connectivity index is 1.67. The number of nitrogens with zero attached hydrogens (tertiary/aromatic N) is 4. The molecule has 136 valence electrons. The average Bonchev–Trinajstić information content (AvgIpc) is 3.25. The highest BCUT2D eigenvalue weighted by Gasteiger charge is 2.15. The number of thiophene rings is 1. The number of carbonyl (C=O) groups is 1. The molecule has 0 aliphatic rings. The molecule has 10 heteroatoms. The molecule has 3 heterocycles. The number of amides is 1. The summed E-state index contributed by atoms with van der Waals surface area (Å²) in [7, 11) is 0. The zero-order valence-corrected chi connectivity index (χ0v) is 15.6. The molecule has 1 amide bonds. The van der Waals surface area contributed by atoms with Crippen LogP contribution in [0.3, 0.4) is 0 Å². The Morgan fingerprint density at radius 3 is 2.74 bits per heavy atom. The second-order valence-electron chi connectivity index (χ2n) is 5.69. The van der Waals surface area contributed by atoms with E-state index in [4.69, 9.17) is 0 Å². The van der Waals surface area contributed by atoms with Crippen molar-refractivity contribution in [1.29, 1.82) is 0 Å². The van der Waals surface area contributed by atoms with Gasteiger partial charge in [-0.05, 0) is 24.6 Å². The number of aromatic nitrogens is 4. The van der Waals surface area contributed by atoms with Crippen LogP contribution in [0.5, 0.6) is 0 Å². The van der Waals surface area contributed by atoms with Gasteiger partial charge in [-0.2, -0.15) is 0 Å². The van der Waals surface area contributed by atoms with Crippen LogP contribution < -0.4 is 10.9 Å². The molecule has 27 heavy (non-hydrogen) atoms. The second kappa shape index (κ2) is 6.97. The molecule has 7 nitrogen and oxygen atoms in total. The number of hydrogen-bond acceptors (Lipinski definition) is 7. The Labute approximate surface area is 160 Å². The van der Waals surface area contributed by atoms with Gasteiger partial charge in [0.25, 0.3) is 5.56 Å². The molecule has 1 aromatic carbocycles. The van der Waals surface area contributed by atoms with Crippen LogP contribution in [0.15, 0.2) is 40.8 Å². The number of hydrogen-bond donors (Lipinski definition) is 1. The lowest BCUT2D eigenvalue weighted by Crippen LogP contribution is -2.27. The summed E-state index contributed by atoms with van der Waals surface area (Å²) in [6, 6.07) is 5.90. The van der Waals surface area contributed by atoms with Crippen LogP contribution in [-0.2, 0) is 11.3 Å². The van der Waals surface area contributed by atoms with E-state index in [1.54, 1.807) is 24.4 Å². The first kappa shape index (κ1) is 17.4. The molecule has 0 spiro atoms. The molecule has 0 fully saturated rings. The minimum absolute atomic E-state index is 0.195. The normalized spacial score (nSPS) is 11.0. The van der Waals surface area contributed by atoms with E-state index in [1.165, 1.54) is 45.7 Å². The van der Waals surface area contributed by atoms with Gasteiger partial charge in [-0.1, -0.05) is 23.5 Å². The van der Waals surface area contributed by atoms with Crippen LogP contribution in [0.25, 0.3) is 21.3 Å². The second-order valence-corrected chi connectivity index (χ2v) is 7.73. The number of aryl methyl sites for hydroxylation is 1. The van der Waals surface area contributed by atoms with Crippen LogP contribution in [0.2, 0.25) is 0 Å². The van der Waals surface area contributed by atoms with E-state index in [0.717, 1.165) is 5.01 Å². The van der Waals surface area contributed by atoms with Crippen molar-refractivity contribution in [3.8, 4) is 11.1 Å². The fourth-order valence-electron chi connectivity index (χ4n) is 2.58. The number of anilines is 1. The standard InChI is InChI=1S/C17H12FN5O2S2/c1-9-21-22-17(27-9)20-13(24)6-23-8-19-15-14(16(23)25)12(7-26-15)10-2-4-11(18)5-3-10/h2-5,7-8H,6H2,1H3,(H,20,22,24). The highest BCUT2D eigenvalue weighted by molar-refractivity contribution is 7.17. The summed E-state index contributed by atoms with van der Waals surface area (Å²) >= 11 is 2.57. The quantitative estimate of drug-likeness (QED) is 0.568. The van der Waals surface area contributed by atoms with Crippen molar-refractivity contribution in [3.05, 3.63) is 57.2 Å². The van der Waals surface area contributed by atoms with E-state index in [0.29, 0.717) is 26.5 Å². The smallest absolute Gasteiger partial charge is 0.263 e. The first-order chi connectivity index (χ1) is 13.0. The maximum atomic E-state index is 13.2. The first-order valence-electron chi connectivity index (χ1n) is 7.84. The maximum absolute atomic E-state index is 13.2. The molecule has 4 aromatic rings. The van der Waals surface area contributed by atoms with E-state index < -0.39 is 5.91 Å². The molecule has 0 atom stereocenters. The molecule has 3 aromatic heterocycles. The van der Waals surface area contributed by atoms with Crippen molar-refractivity contribution in [2.24, 2.45) is 0 Å². The van der Waals surface area contributed by atoms with Crippen LogP contribution in [0.4, 0.5) is 9.52 Å². The van der Waals surface area contributed by atoms with Gasteiger partial charge in [-0.15, -0.1) is 21.5 Å². The summed E-state index contributed by atoms with van der Waals surface area (Å²) in [5.74, 6) is -0.745. The number of halogens is 1. The topological polar surface area (TPSA) is 89.8 Å². The molecular formula is C17H12FN5O2S2. The van der Waals surface area contributed by atoms with E-state index in [-0.39, 0.29) is 17.9 Å². The van der Waals surface area contributed by atoms with E-state index >= 15 is 0 Å². The van der Waals surface area contributed by atoms with Gasteiger partial charge >= 0.3 is 0 Å². The Kier molecular flexibility index (Phi) is 4.50. The molecule has 0 aliphatic carbocycles. The van der Waals surface area contributed by atoms with Gasteiger partial charge in [0.05, 0.1) is 11.7 Å². The third-order valence-corrected chi connectivity index (χ3v) is 5.44. The first-order valence-corrected chi connectivity index (χ1v) is 9.53. The van der Waals surface area contributed by atoms with Crippen LogP contribution >= 0.6 is 22.7 Å². The monoisotopic (exact) mass is 401 g/mol. The van der Waals surface area contributed by atoms with Gasteiger partial charge < -0.3 is 0 Å². The summed E-state index contributed by atoms with van der Waals surface area (Å²) in [4.78, 5) is 29.9. The summed E-state index contributed by atoms with van der Waals surface area (Å²) < 4.78 is 14.4. The number of nitrogens with one attached hydrogen (secondary N) is 1. The lowest BCUT2D eigenvalue weighted by atomic mass is 10.1. The summed E-state index contributed by atoms with van der Waals surface area (Å²) in [6.07, 6.45) is 1.35. The molecular weight excluding hydrogens is 389 g/mol. The van der Waals surface area contributed by atoms with Crippen molar-refractivity contribution >= 4 is 43.9 Å². The lowest BCUT2D eigenvalue weighted by molar-refractivity contribution is -0.116. The van der Waals surface area contributed by atoms with Gasteiger partial charge in [-0.25, -0.2) is 9.37 Å². The predicted octanol–water partition coefficient (Wildman–Crippen LogP) is 3.06. The third-order valence-electron chi connectivity index (χ3n) is 3.80. The SMILES string of the molecule is Cc1nnc(NC(=O)Cn2cnc3scc(-c4ccc(F)cc4)c3c2=O)s1. The lowest BCUT2D eigenvalue weighted by Gasteiger charge is -2.06. The number of rotatable bonds is 4.